The number of pyridine rings is 1. The van der Waals surface area contributed by atoms with Gasteiger partial charge in [-0.1, -0.05) is 6.07 Å². The number of hydrogen-bond donors (Lipinski definition) is 1. The summed E-state index contributed by atoms with van der Waals surface area (Å²) in [5.74, 6) is 0.147. The summed E-state index contributed by atoms with van der Waals surface area (Å²) in [4.78, 5) is 16.4. The Hall–Kier alpha value is -2.61. The molecule has 1 fully saturated rings. The van der Waals surface area contributed by atoms with Gasteiger partial charge in [0.1, 0.15) is 0 Å². The van der Waals surface area contributed by atoms with E-state index in [0.29, 0.717) is 31.6 Å². The molecule has 0 atom stereocenters. The summed E-state index contributed by atoms with van der Waals surface area (Å²) in [5.41, 5.74) is -0.504. The van der Waals surface area contributed by atoms with E-state index in [1.54, 1.807) is 0 Å². The SMILES string of the molecule is O=C(Nc1cccc(C(F)(F)F)c1)c1ccnc(OCC2CCOCC2)c1. The predicted octanol–water partition coefficient (Wildman–Crippen LogP) is 4.16. The smallest absolute Gasteiger partial charge is 0.416 e. The van der Waals surface area contributed by atoms with Crippen LogP contribution in [0.3, 0.4) is 0 Å². The maximum Gasteiger partial charge on any atom is 0.416 e. The van der Waals surface area contributed by atoms with Crippen LogP contribution in [-0.4, -0.2) is 30.7 Å². The number of amides is 1. The highest BCUT2D eigenvalue weighted by atomic mass is 19.4. The van der Waals surface area contributed by atoms with E-state index >= 15 is 0 Å². The number of halogens is 3. The normalized spacial score (nSPS) is 15.4. The Labute approximate surface area is 154 Å². The van der Waals surface area contributed by atoms with E-state index in [1.165, 1.54) is 30.5 Å². The zero-order valence-electron chi connectivity index (χ0n) is 14.5. The minimum absolute atomic E-state index is 0.0660. The van der Waals surface area contributed by atoms with Crippen molar-refractivity contribution < 1.29 is 27.4 Å². The number of nitrogens with one attached hydrogen (secondary N) is 1. The van der Waals surface area contributed by atoms with Crippen molar-refractivity contribution in [2.75, 3.05) is 25.1 Å². The van der Waals surface area contributed by atoms with Crippen LogP contribution in [0.15, 0.2) is 42.6 Å². The van der Waals surface area contributed by atoms with E-state index in [9.17, 15) is 18.0 Å². The van der Waals surface area contributed by atoms with E-state index < -0.39 is 17.6 Å². The molecule has 0 unspecified atom stereocenters. The van der Waals surface area contributed by atoms with E-state index in [-0.39, 0.29) is 11.3 Å². The fourth-order valence-corrected chi connectivity index (χ4v) is 2.72. The first-order chi connectivity index (χ1) is 12.9. The van der Waals surface area contributed by atoms with Crippen LogP contribution in [0.25, 0.3) is 0 Å². The maximum absolute atomic E-state index is 12.8. The number of benzene rings is 1. The first-order valence-corrected chi connectivity index (χ1v) is 8.57. The number of ether oxygens (including phenoxy) is 2. The predicted molar refractivity (Wildman–Crippen MR) is 92.7 cm³/mol. The Morgan fingerprint density at radius 3 is 2.74 bits per heavy atom. The van der Waals surface area contributed by atoms with Crippen LogP contribution in [0.2, 0.25) is 0 Å². The highest BCUT2D eigenvalue weighted by Crippen LogP contribution is 2.30. The van der Waals surface area contributed by atoms with E-state index in [2.05, 4.69) is 10.3 Å². The molecule has 144 valence electrons. The third kappa shape index (κ3) is 5.43. The number of hydrogen-bond acceptors (Lipinski definition) is 4. The molecule has 3 rings (SSSR count). The van der Waals surface area contributed by atoms with Gasteiger partial charge in [0.15, 0.2) is 0 Å². The van der Waals surface area contributed by atoms with E-state index in [0.717, 1.165) is 25.0 Å². The number of carbonyl (C=O) groups excluding carboxylic acids is 1. The molecule has 1 aliphatic heterocycles. The van der Waals surface area contributed by atoms with Gasteiger partial charge >= 0.3 is 6.18 Å². The third-order valence-corrected chi connectivity index (χ3v) is 4.25. The second-order valence-electron chi connectivity index (χ2n) is 6.28. The van der Waals surface area contributed by atoms with Gasteiger partial charge in [-0.05, 0) is 43.0 Å². The van der Waals surface area contributed by atoms with Crippen molar-refractivity contribution in [2.24, 2.45) is 5.92 Å². The topological polar surface area (TPSA) is 60.5 Å². The molecule has 1 N–H and O–H groups in total. The molecule has 1 saturated heterocycles. The quantitative estimate of drug-likeness (QED) is 0.846. The summed E-state index contributed by atoms with van der Waals surface area (Å²) in [7, 11) is 0. The van der Waals surface area contributed by atoms with Crippen LogP contribution >= 0.6 is 0 Å². The molecule has 1 aliphatic rings. The van der Waals surface area contributed by atoms with Crippen molar-refractivity contribution in [2.45, 2.75) is 19.0 Å². The van der Waals surface area contributed by atoms with Crippen molar-refractivity contribution in [1.29, 1.82) is 0 Å². The monoisotopic (exact) mass is 380 g/mol. The lowest BCUT2D eigenvalue weighted by molar-refractivity contribution is -0.137. The Morgan fingerprint density at radius 1 is 1.22 bits per heavy atom. The summed E-state index contributed by atoms with van der Waals surface area (Å²) in [5, 5.41) is 2.46. The molecule has 0 aliphatic carbocycles. The Kier molecular flexibility index (Phi) is 5.95. The van der Waals surface area contributed by atoms with Gasteiger partial charge < -0.3 is 14.8 Å². The van der Waals surface area contributed by atoms with Crippen molar-refractivity contribution >= 4 is 11.6 Å². The van der Waals surface area contributed by atoms with Crippen LogP contribution in [0.4, 0.5) is 18.9 Å². The Bertz CT molecular complexity index is 790. The molecule has 1 aromatic carbocycles. The fourth-order valence-electron chi connectivity index (χ4n) is 2.72. The van der Waals surface area contributed by atoms with Gasteiger partial charge in [-0.2, -0.15) is 13.2 Å². The summed E-state index contributed by atoms with van der Waals surface area (Å²) in [6, 6.07) is 7.43. The lowest BCUT2D eigenvalue weighted by Crippen LogP contribution is -2.21. The lowest BCUT2D eigenvalue weighted by atomic mass is 10.0. The van der Waals surface area contributed by atoms with Crippen molar-refractivity contribution in [3.63, 3.8) is 0 Å². The van der Waals surface area contributed by atoms with Crippen LogP contribution in [-0.2, 0) is 10.9 Å². The van der Waals surface area contributed by atoms with Gasteiger partial charge in [0.2, 0.25) is 5.88 Å². The van der Waals surface area contributed by atoms with Gasteiger partial charge in [0.25, 0.3) is 5.91 Å². The summed E-state index contributed by atoms with van der Waals surface area (Å²) in [6.45, 7) is 1.90. The summed E-state index contributed by atoms with van der Waals surface area (Å²) in [6.07, 6.45) is -1.21. The molecule has 8 heteroatoms. The molecule has 0 radical (unpaired) electrons. The first-order valence-electron chi connectivity index (χ1n) is 8.57. The van der Waals surface area contributed by atoms with E-state index in [1.807, 2.05) is 0 Å². The first kappa shape index (κ1) is 19.2. The van der Waals surface area contributed by atoms with Gasteiger partial charge in [0, 0.05) is 36.7 Å². The lowest BCUT2D eigenvalue weighted by Gasteiger charge is -2.21. The zero-order chi connectivity index (χ0) is 19.3. The zero-order valence-corrected chi connectivity index (χ0v) is 14.5. The molecular formula is C19H19F3N2O3. The standard InChI is InChI=1S/C19H19F3N2O3/c20-19(21,22)15-2-1-3-16(11-15)24-18(25)14-4-7-23-17(10-14)27-12-13-5-8-26-9-6-13/h1-4,7,10-11,13H,5-6,8-9,12H2,(H,24,25). The Balaban J connectivity index is 1.63. The molecule has 5 nitrogen and oxygen atoms in total. The van der Waals surface area contributed by atoms with Crippen LogP contribution in [0, 0.1) is 5.92 Å². The van der Waals surface area contributed by atoms with Crippen LogP contribution in [0.1, 0.15) is 28.8 Å². The maximum atomic E-state index is 12.8. The van der Waals surface area contributed by atoms with Gasteiger partial charge in [0.05, 0.1) is 12.2 Å². The molecule has 27 heavy (non-hydrogen) atoms. The molecule has 0 spiro atoms. The van der Waals surface area contributed by atoms with Crippen LogP contribution < -0.4 is 10.1 Å². The number of nitrogens with zero attached hydrogens (tertiary/aromatic N) is 1. The highest BCUT2D eigenvalue weighted by molar-refractivity contribution is 6.04. The number of anilines is 1. The average molecular weight is 380 g/mol. The minimum Gasteiger partial charge on any atom is -0.477 e. The molecular weight excluding hydrogens is 361 g/mol. The van der Waals surface area contributed by atoms with Crippen molar-refractivity contribution in [3.05, 3.63) is 53.7 Å². The molecule has 1 amide bonds. The van der Waals surface area contributed by atoms with Crippen LogP contribution in [0.5, 0.6) is 5.88 Å². The number of alkyl halides is 3. The number of rotatable bonds is 5. The van der Waals surface area contributed by atoms with Crippen molar-refractivity contribution in [3.8, 4) is 5.88 Å². The molecule has 2 heterocycles. The van der Waals surface area contributed by atoms with E-state index in [4.69, 9.17) is 9.47 Å². The summed E-state index contributed by atoms with van der Waals surface area (Å²) >= 11 is 0. The molecule has 0 bridgehead atoms. The summed E-state index contributed by atoms with van der Waals surface area (Å²) < 4.78 is 49.3. The Morgan fingerprint density at radius 2 is 2.00 bits per heavy atom. The second kappa shape index (κ2) is 8.39. The van der Waals surface area contributed by atoms with Crippen molar-refractivity contribution in [1.82, 2.24) is 4.98 Å². The van der Waals surface area contributed by atoms with Gasteiger partial charge in [-0.25, -0.2) is 4.98 Å². The van der Waals surface area contributed by atoms with Gasteiger partial charge in [-0.3, -0.25) is 4.79 Å². The van der Waals surface area contributed by atoms with Gasteiger partial charge in [-0.15, -0.1) is 0 Å². The molecule has 2 aromatic rings. The minimum atomic E-state index is -4.47. The largest absolute Gasteiger partial charge is 0.477 e. The molecule has 1 aromatic heterocycles. The fraction of sp³-hybridized carbons (Fsp3) is 0.368. The number of aromatic nitrogens is 1. The molecule has 0 saturated carbocycles. The highest BCUT2D eigenvalue weighted by Gasteiger charge is 2.30. The number of carbonyl (C=O) groups is 1. The average Bonchev–Trinajstić information content (AvgIpc) is 2.67. The third-order valence-electron chi connectivity index (χ3n) is 4.25. The second-order valence-corrected chi connectivity index (χ2v) is 6.28.